The maximum absolute atomic E-state index is 13.2. The Morgan fingerprint density at radius 1 is 1.10 bits per heavy atom. The molecule has 0 saturated heterocycles. The van der Waals surface area contributed by atoms with E-state index in [4.69, 9.17) is 11.6 Å². The van der Waals surface area contributed by atoms with E-state index >= 15 is 0 Å². The molecule has 2 rings (SSSR count). The first-order chi connectivity index (χ1) is 14.1. The number of amides is 2. The number of hydrogen-bond acceptors (Lipinski definition) is 4. The summed E-state index contributed by atoms with van der Waals surface area (Å²) in [5.41, 5.74) is 0.601. The van der Waals surface area contributed by atoms with Gasteiger partial charge in [0.2, 0.25) is 21.8 Å². The molecule has 0 aliphatic rings. The molecule has 0 radical (unpaired) electrons. The molecule has 7 nitrogen and oxygen atoms in total. The van der Waals surface area contributed by atoms with Gasteiger partial charge in [0.05, 0.1) is 11.4 Å². The van der Waals surface area contributed by atoms with Gasteiger partial charge in [-0.05, 0) is 48.9 Å². The predicted octanol–water partition coefficient (Wildman–Crippen LogP) is 2.26. The first-order valence-corrected chi connectivity index (χ1v) is 10.9. The molecule has 2 aromatic carbocycles. The van der Waals surface area contributed by atoms with E-state index in [2.05, 4.69) is 5.32 Å². The number of halogens is 2. The number of rotatable bonds is 8. The summed E-state index contributed by atoms with van der Waals surface area (Å²) in [7, 11) is -1.22. The van der Waals surface area contributed by atoms with Gasteiger partial charge in [0.25, 0.3) is 0 Å². The lowest BCUT2D eigenvalue weighted by Gasteiger charge is -2.30. The van der Waals surface area contributed by atoms with Crippen LogP contribution >= 0.6 is 11.6 Å². The van der Waals surface area contributed by atoms with Crippen molar-refractivity contribution in [3.05, 3.63) is 64.9 Å². The maximum atomic E-state index is 13.2. The highest BCUT2D eigenvalue weighted by Gasteiger charge is 2.29. The Hall–Kier alpha value is -2.49. The molecule has 162 valence electrons. The Kier molecular flexibility index (Phi) is 7.94. The monoisotopic (exact) mass is 455 g/mol. The van der Waals surface area contributed by atoms with Crippen molar-refractivity contribution >= 4 is 33.4 Å². The van der Waals surface area contributed by atoms with Crippen LogP contribution in [0.2, 0.25) is 5.02 Å². The van der Waals surface area contributed by atoms with Gasteiger partial charge in [-0.25, -0.2) is 12.8 Å². The zero-order valence-electron chi connectivity index (χ0n) is 16.8. The molecule has 0 aromatic heterocycles. The van der Waals surface area contributed by atoms with Crippen molar-refractivity contribution in [2.45, 2.75) is 24.4 Å². The fourth-order valence-electron chi connectivity index (χ4n) is 2.73. The first kappa shape index (κ1) is 23.8. The fraction of sp³-hybridized carbons (Fsp3) is 0.300. The van der Waals surface area contributed by atoms with Crippen molar-refractivity contribution in [1.82, 2.24) is 14.5 Å². The van der Waals surface area contributed by atoms with Crippen molar-refractivity contribution in [3.8, 4) is 0 Å². The van der Waals surface area contributed by atoms with Crippen molar-refractivity contribution in [2.24, 2.45) is 0 Å². The number of carbonyl (C=O) groups excluding carboxylic acids is 2. The summed E-state index contributed by atoms with van der Waals surface area (Å²) >= 11 is 5.80. The molecule has 0 bridgehead atoms. The third kappa shape index (κ3) is 5.78. The minimum absolute atomic E-state index is 0.00775. The Morgan fingerprint density at radius 3 is 2.20 bits per heavy atom. The zero-order chi connectivity index (χ0) is 22.5. The fourth-order valence-corrected chi connectivity index (χ4v) is 3.98. The van der Waals surface area contributed by atoms with E-state index in [1.165, 1.54) is 74.4 Å². The molecule has 1 N–H and O–H groups in total. The Labute approximate surface area is 180 Å². The van der Waals surface area contributed by atoms with E-state index in [-0.39, 0.29) is 11.4 Å². The van der Waals surface area contributed by atoms with Crippen molar-refractivity contribution in [2.75, 3.05) is 20.6 Å². The van der Waals surface area contributed by atoms with Crippen LogP contribution in [0.3, 0.4) is 0 Å². The van der Waals surface area contributed by atoms with Crippen LogP contribution in [-0.4, -0.2) is 56.1 Å². The smallest absolute Gasteiger partial charge is 0.243 e. The highest BCUT2D eigenvalue weighted by molar-refractivity contribution is 7.89. The molecule has 2 amide bonds. The van der Waals surface area contributed by atoms with Crippen molar-refractivity contribution in [1.29, 1.82) is 0 Å². The molecule has 0 fully saturated rings. The second-order valence-electron chi connectivity index (χ2n) is 6.65. The van der Waals surface area contributed by atoms with Crippen molar-refractivity contribution < 1.29 is 22.4 Å². The molecular weight excluding hydrogens is 433 g/mol. The molecule has 1 unspecified atom stereocenters. The summed E-state index contributed by atoms with van der Waals surface area (Å²) < 4.78 is 39.6. The van der Waals surface area contributed by atoms with Gasteiger partial charge in [-0.15, -0.1) is 0 Å². The Balaban J connectivity index is 2.24. The lowest BCUT2D eigenvalue weighted by atomic mass is 10.1. The molecule has 30 heavy (non-hydrogen) atoms. The second-order valence-corrected chi connectivity index (χ2v) is 9.13. The second kappa shape index (κ2) is 10.0. The normalized spacial score (nSPS) is 12.5. The predicted molar refractivity (Wildman–Crippen MR) is 112 cm³/mol. The van der Waals surface area contributed by atoms with Gasteiger partial charge in [0.1, 0.15) is 11.9 Å². The van der Waals surface area contributed by atoms with Crippen LogP contribution in [0.1, 0.15) is 12.5 Å². The van der Waals surface area contributed by atoms with E-state index < -0.39 is 40.2 Å². The topological polar surface area (TPSA) is 86.8 Å². The van der Waals surface area contributed by atoms with Gasteiger partial charge in [0.15, 0.2) is 0 Å². The highest BCUT2D eigenvalue weighted by atomic mass is 35.5. The molecule has 2 aromatic rings. The van der Waals surface area contributed by atoms with Crippen LogP contribution in [0.25, 0.3) is 0 Å². The molecule has 1 atom stereocenters. The standard InChI is InChI=1S/C20H23ClFN3O4S/c1-14(20(27)23-2)25(12-15-4-8-17(22)9-5-15)19(26)13-24(3)30(28,29)18-10-6-16(21)7-11-18/h4-11,14H,12-13H2,1-3H3,(H,23,27). The average Bonchev–Trinajstić information content (AvgIpc) is 2.72. The summed E-state index contributed by atoms with van der Waals surface area (Å²) in [6.07, 6.45) is 0. The number of nitrogens with one attached hydrogen (secondary N) is 1. The number of carbonyl (C=O) groups is 2. The van der Waals surface area contributed by atoms with Crippen LogP contribution < -0.4 is 5.32 Å². The molecule has 0 spiro atoms. The van der Waals surface area contributed by atoms with E-state index in [0.29, 0.717) is 10.6 Å². The number of nitrogens with zero attached hydrogens (tertiary/aromatic N) is 2. The molecule has 0 saturated carbocycles. The summed E-state index contributed by atoms with van der Waals surface area (Å²) in [6, 6.07) is 10.2. The third-order valence-corrected chi connectivity index (χ3v) is 6.63. The van der Waals surface area contributed by atoms with Crippen LogP contribution in [0.4, 0.5) is 4.39 Å². The first-order valence-electron chi connectivity index (χ1n) is 9.03. The van der Waals surface area contributed by atoms with E-state index in [0.717, 1.165) is 4.31 Å². The van der Waals surface area contributed by atoms with Gasteiger partial charge >= 0.3 is 0 Å². The van der Waals surface area contributed by atoms with Gasteiger partial charge in [-0.2, -0.15) is 4.31 Å². The summed E-state index contributed by atoms with van der Waals surface area (Å²) in [5.74, 6) is -1.41. The molecule has 0 aliphatic heterocycles. The lowest BCUT2D eigenvalue weighted by Crippen LogP contribution is -2.50. The highest BCUT2D eigenvalue weighted by Crippen LogP contribution is 2.18. The van der Waals surface area contributed by atoms with E-state index in [1.54, 1.807) is 0 Å². The lowest BCUT2D eigenvalue weighted by molar-refractivity contribution is -0.140. The molecule has 0 heterocycles. The van der Waals surface area contributed by atoms with E-state index in [9.17, 15) is 22.4 Å². The minimum Gasteiger partial charge on any atom is -0.357 e. The number of likely N-dealkylation sites (N-methyl/N-ethyl adjacent to an activating group) is 2. The largest absolute Gasteiger partial charge is 0.357 e. The van der Waals surface area contributed by atoms with Gasteiger partial charge in [-0.3, -0.25) is 9.59 Å². The van der Waals surface area contributed by atoms with Crippen LogP contribution in [0, 0.1) is 5.82 Å². The van der Waals surface area contributed by atoms with Crippen LogP contribution in [0.5, 0.6) is 0 Å². The minimum atomic E-state index is -3.94. The summed E-state index contributed by atoms with van der Waals surface area (Å²) in [4.78, 5) is 26.3. The Bertz CT molecular complexity index is 998. The van der Waals surface area contributed by atoms with Crippen LogP contribution in [0.15, 0.2) is 53.4 Å². The van der Waals surface area contributed by atoms with Gasteiger partial charge in [-0.1, -0.05) is 23.7 Å². The average molecular weight is 456 g/mol. The molecule has 10 heteroatoms. The molecule has 0 aliphatic carbocycles. The summed E-state index contributed by atoms with van der Waals surface area (Å²) in [5, 5.41) is 2.86. The third-order valence-electron chi connectivity index (χ3n) is 4.56. The number of sulfonamides is 1. The maximum Gasteiger partial charge on any atom is 0.243 e. The Morgan fingerprint density at radius 2 is 1.67 bits per heavy atom. The number of hydrogen-bond donors (Lipinski definition) is 1. The quantitative estimate of drug-likeness (QED) is 0.661. The van der Waals surface area contributed by atoms with Crippen LogP contribution in [-0.2, 0) is 26.2 Å². The summed E-state index contributed by atoms with van der Waals surface area (Å²) in [6.45, 7) is 1.07. The SMILES string of the molecule is CNC(=O)C(C)N(Cc1ccc(F)cc1)C(=O)CN(C)S(=O)(=O)c1ccc(Cl)cc1. The van der Waals surface area contributed by atoms with Gasteiger partial charge < -0.3 is 10.2 Å². The van der Waals surface area contributed by atoms with E-state index in [1.807, 2.05) is 0 Å². The number of benzene rings is 2. The van der Waals surface area contributed by atoms with Crippen molar-refractivity contribution in [3.63, 3.8) is 0 Å². The zero-order valence-corrected chi connectivity index (χ0v) is 18.4. The van der Waals surface area contributed by atoms with Gasteiger partial charge in [0, 0.05) is 25.7 Å². The molecular formula is C20H23ClFN3O4S.